The van der Waals surface area contributed by atoms with E-state index in [1.54, 1.807) is 19.1 Å². The van der Waals surface area contributed by atoms with Gasteiger partial charge < -0.3 is 9.62 Å². The molecule has 0 unspecified atom stereocenters. The Morgan fingerprint density at radius 2 is 1.67 bits per heavy atom. The molecule has 0 fully saturated rings. The summed E-state index contributed by atoms with van der Waals surface area (Å²) in [5, 5.41) is 0. The van der Waals surface area contributed by atoms with Crippen molar-refractivity contribution in [3.8, 4) is 11.5 Å². The minimum Gasteiger partial charge on any atom is -0.493 e. The predicted molar refractivity (Wildman–Crippen MR) is 85.8 cm³/mol. The lowest BCUT2D eigenvalue weighted by atomic mass is 10.0. The number of carbonyl (C=O) groups is 3. The molecule has 1 heterocycles. The average Bonchev–Trinajstić information content (AvgIpc) is 3.05. The first kappa shape index (κ1) is 18.1. The van der Waals surface area contributed by atoms with Crippen molar-refractivity contribution in [1.82, 2.24) is 0 Å². The van der Waals surface area contributed by atoms with E-state index in [9.17, 15) is 14.4 Å². The van der Waals surface area contributed by atoms with Crippen molar-refractivity contribution >= 4 is 17.3 Å². The molecule has 6 nitrogen and oxygen atoms in total. The molecule has 6 heteroatoms. The first-order valence-electron chi connectivity index (χ1n) is 8.18. The number of ether oxygens (including phenoxy) is 1. The fraction of sp³-hybridized carbons (Fsp3) is 0.500. The molecule has 0 amide bonds. The number of ketones is 3. The van der Waals surface area contributed by atoms with Crippen LogP contribution in [0.2, 0.25) is 0 Å². The molecule has 0 aromatic heterocycles. The molecule has 0 atom stereocenters. The Kier molecular flexibility index (Phi) is 6.93. The molecule has 2 rings (SSSR count). The highest BCUT2D eigenvalue weighted by Gasteiger charge is 2.14. The lowest BCUT2D eigenvalue weighted by Gasteiger charge is -2.06. The van der Waals surface area contributed by atoms with Crippen LogP contribution in [-0.2, 0) is 25.9 Å². The molecule has 0 saturated carbocycles. The van der Waals surface area contributed by atoms with Crippen LogP contribution in [0.1, 0.15) is 51.0 Å². The van der Waals surface area contributed by atoms with Gasteiger partial charge in [0.15, 0.2) is 5.75 Å². The van der Waals surface area contributed by atoms with Crippen molar-refractivity contribution in [2.45, 2.75) is 52.1 Å². The van der Waals surface area contributed by atoms with Gasteiger partial charge >= 0.3 is 0 Å². The quantitative estimate of drug-likeness (QED) is 0.579. The highest BCUT2D eigenvalue weighted by Crippen LogP contribution is 2.30. The minimum absolute atomic E-state index is 0.0223. The zero-order valence-electron chi connectivity index (χ0n) is 13.8. The highest BCUT2D eigenvalue weighted by molar-refractivity contribution is 5.89. The van der Waals surface area contributed by atoms with Crippen molar-refractivity contribution in [2.75, 3.05) is 6.61 Å². The molecule has 0 N–H and O–H groups in total. The van der Waals surface area contributed by atoms with E-state index in [1.807, 2.05) is 6.07 Å². The second-order valence-electron chi connectivity index (χ2n) is 5.68. The third-order valence-electron chi connectivity index (χ3n) is 3.81. The van der Waals surface area contributed by atoms with E-state index in [0.29, 0.717) is 24.5 Å². The van der Waals surface area contributed by atoms with Gasteiger partial charge in [-0.25, -0.2) is 0 Å². The molecule has 0 spiro atoms. The van der Waals surface area contributed by atoms with Crippen molar-refractivity contribution in [2.24, 2.45) is 0 Å². The SMILES string of the molecule is CCC(=O)CCC(=O)CCC(=O)CCOc1ccc2c(c1)OOC2. The van der Waals surface area contributed by atoms with Gasteiger partial charge in [-0.15, -0.1) is 0 Å². The van der Waals surface area contributed by atoms with Crippen LogP contribution in [0.25, 0.3) is 0 Å². The summed E-state index contributed by atoms with van der Waals surface area (Å²) in [6.45, 7) is 2.45. The largest absolute Gasteiger partial charge is 0.493 e. The standard InChI is InChI=1S/C18H22O6/c1-2-14(19)4-5-15(20)6-7-16(21)9-10-22-17-8-3-13-12-23-24-18(13)11-17/h3,8,11H,2,4-7,9-10,12H2,1H3. The van der Waals surface area contributed by atoms with E-state index in [1.165, 1.54) is 0 Å². The van der Waals surface area contributed by atoms with Gasteiger partial charge in [0.2, 0.25) is 0 Å². The van der Waals surface area contributed by atoms with E-state index in [0.717, 1.165) is 5.56 Å². The summed E-state index contributed by atoms with van der Waals surface area (Å²) < 4.78 is 5.52. The van der Waals surface area contributed by atoms with Crippen LogP contribution in [0.4, 0.5) is 0 Å². The summed E-state index contributed by atoms with van der Waals surface area (Å²) in [6, 6.07) is 5.38. The maximum Gasteiger partial charge on any atom is 0.174 e. The summed E-state index contributed by atoms with van der Waals surface area (Å²) in [7, 11) is 0. The summed E-state index contributed by atoms with van der Waals surface area (Å²) in [5.41, 5.74) is 0.957. The van der Waals surface area contributed by atoms with Crippen LogP contribution in [0.15, 0.2) is 18.2 Å². The van der Waals surface area contributed by atoms with Gasteiger partial charge in [0.25, 0.3) is 0 Å². The Morgan fingerprint density at radius 1 is 1.00 bits per heavy atom. The fourth-order valence-corrected chi connectivity index (χ4v) is 2.25. The number of carbonyl (C=O) groups excluding carboxylic acids is 3. The summed E-state index contributed by atoms with van der Waals surface area (Å²) in [5.74, 6) is 1.26. The highest BCUT2D eigenvalue weighted by atomic mass is 17.2. The van der Waals surface area contributed by atoms with E-state index in [2.05, 4.69) is 0 Å². The van der Waals surface area contributed by atoms with E-state index < -0.39 is 0 Å². The lowest BCUT2D eigenvalue weighted by molar-refractivity contribution is -0.194. The van der Waals surface area contributed by atoms with Crippen molar-refractivity contribution in [1.29, 1.82) is 0 Å². The summed E-state index contributed by atoms with van der Waals surface area (Å²) in [4.78, 5) is 44.4. The molecule has 0 radical (unpaired) electrons. The normalized spacial score (nSPS) is 12.4. The van der Waals surface area contributed by atoms with Gasteiger partial charge in [-0.2, -0.15) is 4.89 Å². The Balaban J connectivity index is 1.61. The average molecular weight is 334 g/mol. The van der Waals surface area contributed by atoms with Gasteiger partial charge in [-0.05, 0) is 12.1 Å². The number of fused-ring (bicyclic) bond motifs is 1. The number of hydrogen-bond acceptors (Lipinski definition) is 6. The monoisotopic (exact) mass is 334 g/mol. The topological polar surface area (TPSA) is 78.9 Å². The van der Waals surface area contributed by atoms with E-state index >= 15 is 0 Å². The molecule has 0 bridgehead atoms. The number of benzene rings is 1. The molecule has 24 heavy (non-hydrogen) atoms. The Hall–Kier alpha value is -2.21. The fourth-order valence-electron chi connectivity index (χ4n) is 2.25. The second-order valence-corrected chi connectivity index (χ2v) is 5.68. The van der Waals surface area contributed by atoms with Crippen LogP contribution in [0.3, 0.4) is 0 Å². The predicted octanol–water partition coefficient (Wildman–Crippen LogP) is 2.96. The maximum absolute atomic E-state index is 11.8. The molecule has 1 aliphatic rings. The Bertz CT molecular complexity index is 608. The molecule has 1 aliphatic heterocycles. The van der Waals surface area contributed by atoms with Crippen LogP contribution in [-0.4, -0.2) is 24.0 Å². The molecule has 0 aliphatic carbocycles. The van der Waals surface area contributed by atoms with Crippen molar-refractivity contribution < 1.29 is 28.9 Å². The molecule has 130 valence electrons. The minimum atomic E-state index is -0.0400. The van der Waals surface area contributed by atoms with Gasteiger partial charge in [-0.3, -0.25) is 14.4 Å². The zero-order valence-corrected chi connectivity index (χ0v) is 13.8. The number of Topliss-reactive ketones (excluding diaryl/α,β-unsaturated/α-hetero) is 3. The van der Waals surface area contributed by atoms with Crippen LogP contribution < -0.4 is 9.62 Å². The number of hydrogen-bond donors (Lipinski definition) is 0. The van der Waals surface area contributed by atoms with Gasteiger partial charge in [0.1, 0.15) is 29.7 Å². The zero-order chi connectivity index (χ0) is 17.4. The maximum atomic E-state index is 11.8. The third kappa shape index (κ3) is 5.77. The smallest absolute Gasteiger partial charge is 0.174 e. The Morgan fingerprint density at radius 3 is 2.38 bits per heavy atom. The second kappa shape index (κ2) is 9.17. The Labute approximate surface area is 141 Å². The van der Waals surface area contributed by atoms with E-state index in [4.69, 9.17) is 14.5 Å². The number of rotatable bonds is 11. The third-order valence-corrected chi connectivity index (χ3v) is 3.81. The summed E-state index contributed by atoms with van der Waals surface area (Å²) in [6.07, 6.45) is 1.59. The van der Waals surface area contributed by atoms with Gasteiger partial charge in [0.05, 0.1) is 6.61 Å². The molecule has 1 aromatic rings. The molecular formula is C18H22O6. The van der Waals surface area contributed by atoms with Crippen molar-refractivity contribution in [3.05, 3.63) is 23.8 Å². The van der Waals surface area contributed by atoms with Gasteiger partial charge in [-0.1, -0.05) is 6.92 Å². The van der Waals surface area contributed by atoms with Gasteiger partial charge in [0, 0.05) is 50.2 Å². The van der Waals surface area contributed by atoms with Crippen molar-refractivity contribution in [3.63, 3.8) is 0 Å². The molecule has 0 saturated heterocycles. The molecular weight excluding hydrogens is 312 g/mol. The van der Waals surface area contributed by atoms with Crippen LogP contribution in [0, 0.1) is 0 Å². The first-order chi connectivity index (χ1) is 11.6. The lowest BCUT2D eigenvalue weighted by Crippen LogP contribution is -2.09. The van der Waals surface area contributed by atoms with E-state index in [-0.39, 0.29) is 56.1 Å². The van der Waals surface area contributed by atoms with Crippen LogP contribution in [0.5, 0.6) is 11.5 Å². The summed E-state index contributed by atoms with van der Waals surface area (Å²) >= 11 is 0. The first-order valence-corrected chi connectivity index (χ1v) is 8.18. The molecule has 1 aromatic carbocycles. The van der Waals surface area contributed by atoms with Crippen LogP contribution >= 0.6 is 0 Å².